The van der Waals surface area contributed by atoms with Gasteiger partial charge in [-0.3, -0.25) is 4.79 Å². The molecule has 0 aliphatic heterocycles. The summed E-state index contributed by atoms with van der Waals surface area (Å²) in [6, 6.07) is 7.58. The van der Waals surface area contributed by atoms with E-state index in [0.717, 1.165) is 17.5 Å². The first-order valence-electron chi connectivity index (χ1n) is 6.37. The number of allylic oxidation sites excluding steroid dienone is 1. The Kier molecular flexibility index (Phi) is 3.82. The zero-order valence-corrected chi connectivity index (χ0v) is 10.8. The fraction of sp³-hybridized carbons (Fsp3) is 0.400. The fourth-order valence-electron chi connectivity index (χ4n) is 2.40. The minimum absolute atomic E-state index is 0.0994. The smallest absolute Gasteiger partial charge is 0.247 e. The van der Waals surface area contributed by atoms with Crippen LogP contribution in [-0.4, -0.2) is 17.1 Å². The van der Waals surface area contributed by atoms with Crippen molar-refractivity contribution in [1.82, 2.24) is 5.32 Å². The summed E-state index contributed by atoms with van der Waals surface area (Å²) in [6.07, 6.45) is 2.81. The highest BCUT2D eigenvalue weighted by atomic mass is 16.3. The van der Waals surface area contributed by atoms with Gasteiger partial charge in [0.05, 0.1) is 12.1 Å². The summed E-state index contributed by atoms with van der Waals surface area (Å²) < 4.78 is 0. The fourth-order valence-corrected chi connectivity index (χ4v) is 2.40. The highest BCUT2D eigenvalue weighted by Crippen LogP contribution is 2.31. The van der Waals surface area contributed by atoms with Gasteiger partial charge in [-0.25, -0.2) is 0 Å². The van der Waals surface area contributed by atoms with Gasteiger partial charge in [-0.15, -0.1) is 0 Å². The molecule has 0 radical (unpaired) electrons. The highest BCUT2D eigenvalue weighted by Gasteiger charge is 2.31. The van der Waals surface area contributed by atoms with Crippen LogP contribution in [0.5, 0.6) is 0 Å². The number of hydrogen-bond acceptors (Lipinski definition) is 2. The minimum Gasteiger partial charge on any atom is -0.390 e. The van der Waals surface area contributed by atoms with Gasteiger partial charge < -0.3 is 10.4 Å². The predicted molar refractivity (Wildman–Crippen MR) is 71.1 cm³/mol. The third kappa shape index (κ3) is 2.46. The molecule has 0 saturated carbocycles. The zero-order chi connectivity index (χ0) is 13.1. The van der Waals surface area contributed by atoms with Gasteiger partial charge in [0.1, 0.15) is 0 Å². The average molecular weight is 245 g/mol. The molecule has 96 valence electrons. The quantitative estimate of drug-likeness (QED) is 0.801. The Balaban J connectivity index is 2.15. The van der Waals surface area contributed by atoms with Gasteiger partial charge in [0.2, 0.25) is 5.91 Å². The topological polar surface area (TPSA) is 49.3 Å². The maximum Gasteiger partial charge on any atom is 0.247 e. The number of nitrogens with one attached hydrogen (secondary N) is 1. The molecule has 1 aliphatic rings. The second-order valence-electron chi connectivity index (χ2n) is 4.72. The molecule has 3 nitrogen and oxygen atoms in total. The second-order valence-corrected chi connectivity index (χ2v) is 4.72. The van der Waals surface area contributed by atoms with Crippen molar-refractivity contribution in [2.45, 2.75) is 38.8 Å². The van der Waals surface area contributed by atoms with Crippen LogP contribution in [0.25, 0.3) is 0 Å². The summed E-state index contributed by atoms with van der Waals surface area (Å²) in [4.78, 5) is 12.0. The molecule has 2 rings (SSSR count). The molecule has 18 heavy (non-hydrogen) atoms. The molecule has 1 aliphatic carbocycles. The predicted octanol–water partition coefficient (Wildman–Crippen LogP) is 2.12. The summed E-state index contributed by atoms with van der Waals surface area (Å²) in [5.74, 6) is -0.0994. The monoisotopic (exact) mass is 245 g/mol. The molecule has 0 saturated heterocycles. The first kappa shape index (κ1) is 12.8. The lowest BCUT2D eigenvalue weighted by molar-refractivity contribution is -0.118. The maximum absolute atomic E-state index is 12.0. The third-order valence-corrected chi connectivity index (χ3v) is 3.36. The molecule has 0 spiro atoms. The van der Waals surface area contributed by atoms with E-state index in [1.807, 2.05) is 37.3 Å². The number of carbonyl (C=O) groups is 1. The van der Waals surface area contributed by atoms with Crippen molar-refractivity contribution < 1.29 is 9.90 Å². The summed E-state index contributed by atoms with van der Waals surface area (Å²) >= 11 is 0. The van der Waals surface area contributed by atoms with Crippen LogP contribution in [0.4, 0.5) is 0 Å². The van der Waals surface area contributed by atoms with E-state index in [1.54, 1.807) is 6.92 Å². The van der Waals surface area contributed by atoms with Crippen molar-refractivity contribution in [2.24, 2.45) is 0 Å². The highest BCUT2D eigenvalue weighted by molar-refractivity contribution is 5.93. The van der Waals surface area contributed by atoms with Gasteiger partial charge in [0.25, 0.3) is 0 Å². The van der Waals surface area contributed by atoms with Gasteiger partial charge >= 0.3 is 0 Å². The largest absolute Gasteiger partial charge is 0.390 e. The number of hydrogen-bond donors (Lipinski definition) is 2. The number of aliphatic hydroxyl groups is 1. The van der Waals surface area contributed by atoms with Crippen LogP contribution in [-0.2, 0) is 11.2 Å². The summed E-state index contributed by atoms with van der Waals surface area (Å²) in [5, 5.41) is 12.9. The van der Waals surface area contributed by atoms with E-state index >= 15 is 0 Å². The Morgan fingerprint density at radius 1 is 1.50 bits per heavy atom. The van der Waals surface area contributed by atoms with Crippen molar-refractivity contribution in [2.75, 3.05) is 0 Å². The lowest BCUT2D eigenvalue weighted by Crippen LogP contribution is -2.34. The molecular formula is C15H19NO2. The molecule has 0 fully saturated rings. The van der Waals surface area contributed by atoms with Crippen molar-refractivity contribution >= 4 is 5.91 Å². The lowest BCUT2D eigenvalue weighted by atomic mass is 10.1. The molecule has 1 aromatic rings. The minimum atomic E-state index is -0.527. The number of rotatable bonds is 3. The van der Waals surface area contributed by atoms with Crippen LogP contribution in [0.2, 0.25) is 0 Å². The van der Waals surface area contributed by atoms with Crippen LogP contribution >= 0.6 is 0 Å². The molecule has 1 amide bonds. The van der Waals surface area contributed by atoms with Crippen LogP contribution in [0.3, 0.4) is 0 Å². The Morgan fingerprint density at radius 2 is 2.22 bits per heavy atom. The van der Waals surface area contributed by atoms with Crippen molar-refractivity contribution in [3.05, 3.63) is 47.0 Å². The van der Waals surface area contributed by atoms with Crippen LogP contribution in [0.1, 0.15) is 37.4 Å². The van der Waals surface area contributed by atoms with Crippen LogP contribution in [0.15, 0.2) is 35.9 Å². The van der Waals surface area contributed by atoms with Crippen molar-refractivity contribution in [3.63, 3.8) is 0 Å². The molecule has 1 aromatic carbocycles. The molecule has 0 bridgehead atoms. The Morgan fingerprint density at radius 3 is 2.94 bits per heavy atom. The molecular weight excluding hydrogens is 226 g/mol. The molecule has 2 N–H and O–H groups in total. The Labute approximate surface area is 108 Å². The van der Waals surface area contributed by atoms with E-state index in [4.69, 9.17) is 0 Å². The third-order valence-electron chi connectivity index (χ3n) is 3.36. The SMILES string of the molecule is CC/C=C(/C)C(=O)NC1c2ccccc2CC1O. The zero-order valence-electron chi connectivity index (χ0n) is 10.8. The van der Waals surface area contributed by atoms with E-state index in [1.165, 1.54) is 0 Å². The Hall–Kier alpha value is -1.61. The first-order chi connectivity index (χ1) is 8.63. The van der Waals surface area contributed by atoms with Crippen LogP contribution in [0, 0.1) is 0 Å². The normalized spacial score (nSPS) is 22.7. The lowest BCUT2D eigenvalue weighted by Gasteiger charge is -2.18. The van der Waals surface area contributed by atoms with Gasteiger partial charge in [0, 0.05) is 12.0 Å². The number of fused-ring (bicyclic) bond motifs is 1. The van der Waals surface area contributed by atoms with E-state index in [9.17, 15) is 9.90 Å². The number of benzene rings is 1. The Bertz CT molecular complexity index is 479. The number of carbonyl (C=O) groups excluding carboxylic acids is 1. The first-order valence-corrected chi connectivity index (χ1v) is 6.37. The molecule has 0 heterocycles. The van der Waals surface area contributed by atoms with Gasteiger partial charge in [-0.2, -0.15) is 0 Å². The average Bonchev–Trinajstić information content (AvgIpc) is 2.66. The van der Waals surface area contributed by atoms with E-state index in [0.29, 0.717) is 12.0 Å². The van der Waals surface area contributed by atoms with E-state index in [-0.39, 0.29) is 11.9 Å². The summed E-state index contributed by atoms with van der Waals surface area (Å²) in [6.45, 7) is 3.79. The molecule has 2 atom stereocenters. The maximum atomic E-state index is 12.0. The van der Waals surface area contributed by atoms with Crippen molar-refractivity contribution in [3.8, 4) is 0 Å². The molecule has 2 unspecified atom stereocenters. The molecule has 0 aromatic heterocycles. The number of amides is 1. The van der Waals surface area contributed by atoms with E-state index < -0.39 is 6.10 Å². The van der Waals surface area contributed by atoms with Crippen LogP contribution < -0.4 is 5.32 Å². The standard InChI is InChI=1S/C15H19NO2/c1-3-6-10(2)15(18)16-14-12-8-5-4-7-11(12)9-13(14)17/h4-8,13-14,17H,3,9H2,1-2H3,(H,16,18)/b10-6-. The summed E-state index contributed by atoms with van der Waals surface area (Å²) in [5.41, 5.74) is 2.85. The summed E-state index contributed by atoms with van der Waals surface area (Å²) in [7, 11) is 0. The van der Waals surface area contributed by atoms with Crippen molar-refractivity contribution in [1.29, 1.82) is 0 Å². The van der Waals surface area contributed by atoms with Gasteiger partial charge in [-0.05, 0) is 24.5 Å². The second kappa shape index (κ2) is 5.36. The molecule has 3 heteroatoms. The van der Waals surface area contributed by atoms with Gasteiger partial charge in [-0.1, -0.05) is 37.3 Å². The van der Waals surface area contributed by atoms with E-state index in [2.05, 4.69) is 5.32 Å². The van der Waals surface area contributed by atoms with Gasteiger partial charge in [0.15, 0.2) is 0 Å². The number of aliphatic hydroxyl groups excluding tert-OH is 1.